The van der Waals surface area contributed by atoms with E-state index in [9.17, 15) is 19.2 Å². The molecule has 30 heteroatoms. The predicted molar refractivity (Wildman–Crippen MR) is 367 cm³/mol. The first-order valence-corrected chi connectivity index (χ1v) is 29.8. The van der Waals surface area contributed by atoms with Crippen molar-refractivity contribution in [1.82, 2.24) is 49.8 Å². The first kappa shape index (κ1) is 65.8. The Kier molecular flexibility index (Phi) is 23.3. The molecule has 0 saturated heterocycles. The van der Waals surface area contributed by atoms with Gasteiger partial charge in [-0.2, -0.15) is 10.5 Å². The van der Waals surface area contributed by atoms with Crippen LogP contribution in [0.5, 0.6) is 0 Å². The van der Waals surface area contributed by atoms with Crippen LogP contribution in [-0.4, -0.2) is 60.9 Å². The van der Waals surface area contributed by atoms with Gasteiger partial charge in [0.25, 0.3) is 5.56 Å². The Labute approximate surface area is 564 Å². The molecule has 0 fully saturated rings. The summed E-state index contributed by atoms with van der Waals surface area (Å²) in [5.41, 5.74) is 28.4. The second kappa shape index (κ2) is 30.1. The number of aromatic amines is 1. The van der Waals surface area contributed by atoms with Gasteiger partial charge in [-0.3, -0.25) is 4.79 Å². The van der Waals surface area contributed by atoms with Gasteiger partial charge in [0, 0.05) is 60.9 Å². The second-order valence-electron chi connectivity index (χ2n) is 16.7. The van der Waals surface area contributed by atoms with Crippen LogP contribution in [0.1, 0.15) is 21.5 Å². The highest BCUT2D eigenvalue weighted by molar-refractivity contribution is 14.1. The zero-order valence-corrected chi connectivity index (χ0v) is 55.4. The van der Waals surface area contributed by atoms with Gasteiger partial charge in [0.05, 0.1) is 61.7 Å². The molecule has 10 N–H and O–H groups in total. The van der Waals surface area contributed by atoms with Gasteiger partial charge >= 0.3 is 5.97 Å². The molecule has 426 valence electrons. The summed E-state index contributed by atoms with van der Waals surface area (Å²) in [6.45, 7) is 0. The normalized spacial score (nSPS) is 10.4. The van der Waals surface area contributed by atoms with E-state index < -0.39 is 5.97 Å². The highest BCUT2D eigenvalue weighted by Crippen LogP contribution is 2.32. The maximum Gasteiger partial charge on any atom is 0.337 e. The third kappa shape index (κ3) is 16.8. The van der Waals surface area contributed by atoms with E-state index in [1.54, 1.807) is 66.7 Å². The number of nitrogens with one attached hydrogen (secondary N) is 1. The number of benzene rings is 7. The number of halogens is 11. The SMILES string of the molecule is Clc1cc(I)c2ncnc(Cl)c2c1.N#Cc1cc(-c2cccc(F)c2)cc2c(N)ncnc12.N#Cc1cc(Cl)cc2c(N)ncnc12.Nc1c(I)cc(Cl)cc1C(=O)O.Nc1ncnc2c(I)cc(Cl)cc12.O=c1[nH]cnc2c(I)cc(Cl)cc12. The summed E-state index contributed by atoms with van der Waals surface area (Å²) in [5, 5.41) is 33.2. The van der Waals surface area contributed by atoms with E-state index >= 15 is 0 Å². The quantitative estimate of drug-likeness (QED) is 0.0532. The summed E-state index contributed by atoms with van der Waals surface area (Å²) < 4.78 is 16.8. The monoisotopic (exact) mass is 1700 g/mol. The minimum Gasteiger partial charge on any atom is -0.478 e. The number of hydrogen-bond acceptors (Lipinski definition) is 17. The zero-order chi connectivity index (χ0) is 61.8. The summed E-state index contributed by atoms with van der Waals surface area (Å²) in [7, 11) is 0. The van der Waals surface area contributed by atoms with Crippen molar-refractivity contribution in [3.63, 3.8) is 0 Å². The van der Waals surface area contributed by atoms with Crippen LogP contribution in [-0.2, 0) is 0 Å². The van der Waals surface area contributed by atoms with Crippen LogP contribution in [0.2, 0.25) is 30.3 Å². The summed E-state index contributed by atoms with van der Waals surface area (Å²) in [6, 6.07) is 30.4. The molecular formula is C55H31Cl6FI4N16O3. The molecule has 5 heterocycles. The van der Waals surface area contributed by atoms with Crippen LogP contribution in [0.25, 0.3) is 65.6 Å². The fourth-order valence-electron chi connectivity index (χ4n) is 7.38. The van der Waals surface area contributed by atoms with E-state index in [-0.39, 0.29) is 22.6 Å². The first-order chi connectivity index (χ1) is 40.5. The molecule has 7 aromatic carbocycles. The molecule has 12 rings (SSSR count). The van der Waals surface area contributed by atoms with Crippen molar-refractivity contribution >= 4 is 244 Å². The van der Waals surface area contributed by atoms with Gasteiger partial charge in [-0.05, 0) is 186 Å². The Morgan fingerprint density at radius 1 is 0.494 bits per heavy atom. The lowest BCUT2D eigenvalue weighted by molar-refractivity contribution is 0.0698. The van der Waals surface area contributed by atoms with E-state index in [0.717, 1.165) is 32.5 Å². The number of carbonyl (C=O) groups is 1. The standard InChI is InChI=1S/C15H9FN4.C9H5ClN4.C8H3Cl2IN2.C8H5ClIN3.C8H4ClIN2O.C7H5ClINO2/c16-12-3-1-2-9(5-12)10-4-11(7-17)14-13(6-10)15(18)20-8-19-14;10-6-1-5(3-11)8-7(2-6)9(12)14-4-13-8;9-4-1-5-7(6(11)2-4)12-3-13-8(5)10;9-4-1-5-7(6(10)2-4)12-3-13-8(5)11;9-4-1-5-7(6(10)2-4)11-3-12-8(5)13;8-3-1-4(7(11)12)6(10)5(9)2-3/h1-6,8H,(H2,18,19,20);1-2,4H,(H2,12,13,14);1-3H;1-3H,(H2,11,12,13);1-3H,(H,11,12,13);1-2H,10H2,(H,11,12). The Morgan fingerprint density at radius 3 is 1.45 bits per heavy atom. The number of hydrogen-bond donors (Lipinski definition) is 6. The molecule has 0 atom stereocenters. The second-order valence-corrected chi connectivity index (χ2v) is 23.9. The summed E-state index contributed by atoms with van der Waals surface area (Å²) in [6.07, 6.45) is 6.93. The fraction of sp³-hybridized carbons (Fsp3) is 0. The van der Waals surface area contributed by atoms with Crippen molar-refractivity contribution in [1.29, 1.82) is 10.5 Å². The number of anilines is 4. The van der Waals surface area contributed by atoms with Gasteiger partial charge in [-0.1, -0.05) is 81.7 Å². The number of aromatic nitrogens is 10. The molecule has 0 aliphatic rings. The number of nitriles is 2. The molecule has 0 bridgehead atoms. The van der Waals surface area contributed by atoms with Crippen molar-refractivity contribution in [2.24, 2.45) is 0 Å². The predicted octanol–water partition coefficient (Wildman–Crippen LogP) is 15.0. The largest absolute Gasteiger partial charge is 0.478 e. The fourth-order valence-corrected chi connectivity index (χ4v) is 12.3. The summed E-state index contributed by atoms with van der Waals surface area (Å²) >= 11 is 43.3. The maximum absolute atomic E-state index is 13.3. The third-order valence-corrected chi connectivity index (χ3v) is 15.9. The molecule has 0 aliphatic carbocycles. The van der Waals surface area contributed by atoms with Crippen LogP contribution in [0.15, 0.2) is 133 Å². The maximum atomic E-state index is 13.3. The van der Waals surface area contributed by atoms with Crippen molar-refractivity contribution in [2.75, 3.05) is 22.9 Å². The van der Waals surface area contributed by atoms with Crippen LogP contribution >= 0.6 is 160 Å². The highest BCUT2D eigenvalue weighted by Gasteiger charge is 2.14. The minimum absolute atomic E-state index is 0.0481. The van der Waals surface area contributed by atoms with Gasteiger partial charge in [0.1, 0.15) is 65.9 Å². The molecular weight excluding hydrogens is 1670 g/mol. The molecule has 0 aliphatic heterocycles. The topological polar surface area (TPSA) is 338 Å². The molecule has 85 heavy (non-hydrogen) atoms. The smallest absolute Gasteiger partial charge is 0.337 e. The highest BCUT2D eigenvalue weighted by atomic mass is 127. The van der Waals surface area contributed by atoms with Crippen LogP contribution in [0.3, 0.4) is 0 Å². The lowest BCUT2D eigenvalue weighted by atomic mass is 10.00. The van der Waals surface area contributed by atoms with E-state index in [1.807, 2.05) is 40.8 Å². The van der Waals surface area contributed by atoms with E-state index in [4.69, 9.17) is 103 Å². The van der Waals surface area contributed by atoms with E-state index in [0.29, 0.717) is 106 Å². The van der Waals surface area contributed by atoms with Crippen molar-refractivity contribution in [2.45, 2.75) is 0 Å². The van der Waals surface area contributed by atoms with Crippen molar-refractivity contribution in [3.8, 4) is 23.3 Å². The lowest BCUT2D eigenvalue weighted by Crippen LogP contribution is -2.06. The van der Waals surface area contributed by atoms with Crippen LogP contribution < -0.4 is 28.5 Å². The number of carboxylic acid groups (broad SMARTS) is 1. The minimum atomic E-state index is -1.06. The van der Waals surface area contributed by atoms with Gasteiger partial charge in [0.15, 0.2) is 0 Å². The van der Waals surface area contributed by atoms with Crippen molar-refractivity contribution in [3.05, 3.63) is 206 Å². The van der Waals surface area contributed by atoms with Gasteiger partial charge in [-0.25, -0.2) is 54.0 Å². The average Bonchev–Trinajstić information content (AvgIpc) is 3.67. The van der Waals surface area contributed by atoms with E-state index in [2.05, 4.69) is 124 Å². The van der Waals surface area contributed by atoms with E-state index in [1.165, 1.54) is 49.8 Å². The number of carboxylic acids is 1. The lowest BCUT2D eigenvalue weighted by Gasteiger charge is -2.07. The number of nitrogens with zero attached hydrogens (tertiary/aromatic N) is 11. The first-order valence-electron chi connectivity index (χ1n) is 23.2. The number of nitrogens with two attached hydrogens (primary N) is 4. The number of nitrogen functional groups attached to an aromatic ring is 4. The molecule has 0 unspecified atom stereocenters. The molecule has 0 spiro atoms. The number of H-pyrrole nitrogens is 1. The third-order valence-electron chi connectivity index (χ3n) is 11.2. The molecule has 0 amide bonds. The molecule has 5 aromatic heterocycles. The molecule has 19 nitrogen and oxygen atoms in total. The Bertz CT molecular complexity index is 4630. The Hall–Kier alpha value is -6.72. The number of aromatic carboxylic acids is 1. The molecule has 0 saturated carbocycles. The van der Waals surface area contributed by atoms with Gasteiger partial charge in [-0.15, -0.1) is 0 Å². The van der Waals surface area contributed by atoms with Crippen LogP contribution in [0, 0.1) is 42.8 Å². The number of rotatable bonds is 2. The van der Waals surface area contributed by atoms with Gasteiger partial charge in [0.2, 0.25) is 0 Å². The zero-order valence-electron chi connectivity index (χ0n) is 42.3. The molecule has 12 aromatic rings. The average molecular weight is 1700 g/mol. The number of fused-ring (bicyclic) bond motifs is 5. The summed E-state index contributed by atoms with van der Waals surface area (Å²) in [4.78, 5) is 60.3. The Morgan fingerprint density at radius 2 is 0.918 bits per heavy atom. The van der Waals surface area contributed by atoms with Crippen LogP contribution in [0.4, 0.5) is 27.5 Å². The summed E-state index contributed by atoms with van der Waals surface area (Å²) in [5.74, 6) is -0.310. The Balaban J connectivity index is 0.000000148. The molecule has 0 radical (unpaired) electrons. The van der Waals surface area contributed by atoms with Crippen molar-refractivity contribution < 1.29 is 14.3 Å². The van der Waals surface area contributed by atoms with Gasteiger partial charge < -0.3 is 33.0 Å².